The molecule has 2 saturated heterocycles. The first-order valence-electron chi connectivity index (χ1n) is 6.36. The molecule has 2 fully saturated rings. The van der Waals surface area contributed by atoms with Gasteiger partial charge in [-0.2, -0.15) is 0 Å². The number of carboxylic acids is 1. The average Bonchev–Trinajstić information content (AvgIpc) is 2.66. The molecular formula is C12H18N2O4. The second-order valence-corrected chi connectivity index (χ2v) is 5.07. The first-order chi connectivity index (χ1) is 8.56. The molecular weight excluding hydrogens is 236 g/mol. The minimum absolute atomic E-state index is 0.175. The Hall–Kier alpha value is -1.43. The van der Waals surface area contributed by atoms with E-state index in [0.717, 1.165) is 25.9 Å². The van der Waals surface area contributed by atoms with Gasteiger partial charge in [0.25, 0.3) is 0 Å². The van der Waals surface area contributed by atoms with Crippen molar-refractivity contribution in [1.29, 1.82) is 0 Å². The third kappa shape index (κ3) is 3.07. The Labute approximate surface area is 105 Å². The highest BCUT2D eigenvalue weighted by Crippen LogP contribution is 2.24. The van der Waals surface area contributed by atoms with Gasteiger partial charge in [-0.25, -0.2) is 0 Å². The van der Waals surface area contributed by atoms with Crippen molar-refractivity contribution in [2.24, 2.45) is 5.92 Å². The number of hydrogen-bond acceptors (Lipinski definition) is 4. The van der Waals surface area contributed by atoms with Crippen LogP contribution < -0.4 is 5.32 Å². The number of aliphatic carboxylic acids is 1. The Morgan fingerprint density at radius 2 is 2.22 bits per heavy atom. The van der Waals surface area contributed by atoms with Crippen molar-refractivity contribution in [3.63, 3.8) is 0 Å². The normalized spacial score (nSPS) is 29.3. The molecule has 0 aromatic heterocycles. The van der Waals surface area contributed by atoms with Gasteiger partial charge in [0.05, 0.1) is 12.5 Å². The van der Waals surface area contributed by atoms with Crippen LogP contribution in [-0.2, 0) is 14.4 Å². The van der Waals surface area contributed by atoms with E-state index >= 15 is 0 Å². The zero-order chi connectivity index (χ0) is 13.1. The molecule has 18 heavy (non-hydrogen) atoms. The highest BCUT2D eigenvalue weighted by Gasteiger charge is 2.37. The van der Waals surface area contributed by atoms with Crippen LogP contribution in [0.5, 0.6) is 0 Å². The lowest BCUT2D eigenvalue weighted by Gasteiger charge is -2.35. The summed E-state index contributed by atoms with van der Waals surface area (Å²) in [5, 5.41) is 11.0. The van der Waals surface area contributed by atoms with Crippen molar-refractivity contribution in [1.82, 2.24) is 10.2 Å². The highest BCUT2D eigenvalue weighted by atomic mass is 16.4. The van der Waals surface area contributed by atoms with Gasteiger partial charge in [-0.15, -0.1) is 0 Å². The van der Waals surface area contributed by atoms with Crippen LogP contribution in [0.2, 0.25) is 0 Å². The molecule has 6 nitrogen and oxygen atoms in total. The summed E-state index contributed by atoms with van der Waals surface area (Å²) >= 11 is 0. The number of carbonyl (C=O) groups excluding carboxylic acids is 2. The van der Waals surface area contributed by atoms with Crippen LogP contribution in [0, 0.1) is 5.92 Å². The second kappa shape index (κ2) is 5.48. The molecule has 2 rings (SSSR count). The topological polar surface area (TPSA) is 86.7 Å². The minimum atomic E-state index is -0.777. The predicted molar refractivity (Wildman–Crippen MR) is 62.7 cm³/mol. The number of nitrogens with zero attached hydrogens (tertiary/aromatic N) is 1. The molecule has 0 aromatic rings. The molecule has 0 bridgehead atoms. The summed E-state index contributed by atoms with van der Waals surface area (Å²) < 4.78 is 0. The van der Waals surface area contributed by atoms with Crippen LogP contribution in [0.4, 0.5) is 0 Å². The van der Waals surface area contributed by atoms with Crippen molar-refractivity contribution < 1.29 is 19.5 Å². The lowest BCUT2D eigenvalue weighted by atomic mass is 9.92. The van der Waals surface area contributed by atoms with Gasteiger partial charge in [0.1, 0.15) is 0 Å². The van der Waals surface area contributed by atoms with Crippen molar-refractivity contribution in [2.45, 2.75) is 38.1 Å². The summed E-state index contributed by atoms with van der Waals surface area (Å²) in [6.07, 6.45) is 3.03. The Kier molecular flexibility index (Phi) is 3.96. The van der Waals surface area contributed by atoms with Gasteiger partial charge in [0.15, 0.2) is 0 Å². The summed E-state index contributed by atoms with van der Waals surface area (Å²) in [5.74, 6) is -0.879. The maximum absolute atomic E-state index is 11.6. The summed E-state index contributed by atoms with van der Waals surface area (Å²) in [4.78, 5) is 35.3. The quantitative estimate of drug-likeness (QED) is 0.688. The lowest BCUT2D eigenvalue weighted by molar-refractivity contribution is -0.137. The van der Waals surface area contributed by atoms with Gasteiger partial charge in [-0.3, -0.25) is 24.6 Å². The maximum atomic E-state index is 11.6. The zero-order valence-corrected chi connectivity index (χ0v) is 10.2. The number of hydrogen-bond donors (Lipinski definition) is 2. The van der Waals surface area contributed by atoms with Gasteiger partial charge in [-0.05, 0) is 31.7 Å². The second-order valence-electron chi connectivity index (χ2n) is 5.07. The fraction of sp³-hybridized carbons (Fsp3) is 0.750. The van der Waals surface area contributed by atoms with Crippen LogP contribution in [0.25, 0.3) is 0 Å². The van der Waals surface area contributed by atoms with E-state index in [1.165, 1.54) is 0 Å². The minimum Gasteiger partial charge on any atom is -0.481 e. The van der Waals surface area contributed by atoms with Crippen molar-refractivity contribution in [2.75, 3.05) is 13.1 Å². The number of carbonyl (C=O) groups is 3. The maximum Gasteiger partial charge on any atom is 0.303 e. The van der Waals surface area contributed by atoms with Crippen molar-refractivity contribution in [3.8, 4) is 0 Å². The number of nitrogens with one attached hydrogen (secondary N) is 1. The molecule has 2 heterocycles. The first kappa shape index (κ1) is 13.0. The third-order valence-corrected chi connectivity index (χ3v) is 3.70. The van der Waals surface area contributed by atoms with E-state index in [4.69, 9.17) is 5.11 Å². The monoisotopic (exact) mass is 254 g/mol. The van der Waals surface area contributed by atoms with Crippen LogP contribution >= 0.6 is 0 Å². The van der Waals surface area contributed by atoms with E-state index in [9.17, 15) is 14.4 Å². The smallest absolute Gasteiger partial charge is 0.303 e. The molecule has 2 N–H and O–H groups in total. The number of carboxylic acid groups (broad SMARTS) is 1. The third-order valence-electron chi connectivity index (χ3n) is 3.70. The van der Waals surface area contributed by atoms with E-state index in [1.54, 1.807) is 0 Å². The fourth-order valence-electron chi connectivity index (χ4n) is 2.78. The number of amides is 2. The molecule has 0 spiro atoms. The SMILES string of the molecule is O=C(O)CCC1CCCN(C2CC(=O)NC2=O)C1. The van der Waals surface area contributed by atoms with Crippen LogP contribution in [0.3, 0.4) is 0 Å². The summed E-state index contributed by atoms with van der Waals surface area (Å²) in [7, 11) is 0. The molecule has 100 valence electrons. The molecule has 6 heteroatoms. The Bertz CT molecular complexity index is 369. The summed E-state index contributed by atoms with van der Waals surface area (Å²) in [6.45, 7) is 1.54. The van der Waals surface area contributed by atoms with Crippen molar-refractivity contribution >= 4 is 17.8 Å². The van der Waals surface area contributed by atoms with Gasteiger partial charge in [0.2, 0.25) is 11.8 Å². The summed E-state index contributed by atoms with van der Waals surface area (Å²) in [5.41, 5.74) is 0. The van der Waals surface area contributed by atoms with E-state index in [1.807, 2.05) is 4.90 Å². The molecule has 2 aliphatic heterocycles. The first-order valence-corrected chi connectivity index (χ1v) is 6.36. The molecule has 0 aromatic carbocycles. The van der Waals surface area contributed by atoms with E-state index in [2.05, 4.69) is 5.32 Å². The van der Waals surface area contributed by atoms with Crippen LogP contribution in [-0.4, -0.2) is 46.9 Å². The largest absolute Gasteiger partial charge is 0.481 e. The average molecular weight is 254 g/mol. The Morgan fingerprint density at radius 3 is 2.83 bits per heavy atom. The van der Waals surface area contributed by atoms with Gasteiger partial charge < -0.3 is 5.11 Å². The molecule has 2 amide bonds. The molecule has 0 saturated carbocycles. The van der Waals surface area contributed by atoms with E-state index < -0.39 is 5.97 Å². The Morgan fingerprint density at radius 1 is 1.44 bits per heavy atom. The number of likely N-dealkylation sites (tertiary alicyclic amines) is 1. The predicted octanol–water partition coefficient (Wildman–Crippen LogP) is -0.0217. The van der Waals surface area contributed by atoms with Gasteiger partial charge in [0, 0.05) is 13.0 Å². The molecule has 2 atom stereocenters. The van der Waals surface area contributed by atoms with Crippen molar-refractivity contribution in [3.05, 3.63) is 0 Å². The lowest BCUT2D eigenvalue weighted by Crippen LogP contribution is -2.46. The number of piperidine rings is 1. The standard InChI is InChI=1S/C12H18N2O4/c15-10-6-9(12(18)13-10)14-5-1-2-8(7-14)3-4-11(16)17/h8-9H,1-7H2,(H,16,17)(H,13,15,18). The molecule has 0 aliphatic carbocycles. The number of imide groups is 1. The molecule has 0 radical (unpaired) electrons. The highest BCUT2D eigenvalue weighted by molar-refractivity contribution is 6.05. The Balaban J connectivity index is 1.88. The fourth-order valence-corrected chi connectivity index (χ4v) is 2.78. The summed E-state index contributed by atoms with van der Waals surface area (Å²) in [6, 6.07) is -0.342. The van der Waals surface area contributed by atoms with Crippen LogP contribution in [0.1, 0.15) is 32.1 Å². The van der Waals surface area contributed by atoms with Gasteiger partial charge in [-0.1, -0.05) is 0 Å². The number of rotatable bonds is 4. The zero-order valence-electron chi connectivity index (χ0n) is 10.2. The van der Waals surface area contributed by atoms with Crippen LogP contribution in [0.15, 0.2) is 0 Å². The molecule has 2 aliphatic rings. The van der Waals surface area contributed by atoms with E-state index in [0.29, 0.717) is 12.3 Å². The van der Waals surface area contributed by atoms with Gasteiger partial charge >= 0.3 is 5.97 Å². The molecule has 2 unspecified atom stereocenters. The van der Waals surface area contributed by atoms with E-state index in [-0.39, 0.29) is 30.7 Å².